The van der Waals surface area contributed by atoms with E-state index < -0.39 is 0 Å². The van der Waals surface area contributed by atoms with E-state index in [-0.39, 0.29) is 0 Å². The van der Waals surface area contributed by atoms with Crippen molar-refractivity contribution < 1.29 is 4.42 Å². The maximum absolute atomic E-state index is 6.20. The Morgan fingerprint density at radius 1 is 0.340 bits per heavy atom. The number of benzene rings is 7. The molecular formula is C49H31N3O. The van der Waals surface area contributed by atoms with E-state index in [1.165, 1.54) is 10.8 Å². The molecule has 0 N–H and O–H groups in total. The third-order valence-corrected chi connectivity index (χ3v) is 9.98. The minimum atomic E-state index is 0.665. The molecule has 0 saturated heterocycles. The van der Waals surface area contributed by atoms with Gasteiger partial charge in [0.2, 0.25) is 0 Å². The fourth-order valence-electron chi connectivity index (χ4n) is 7.32. The maximum atomic E-state index is 6.20. The molecule has 10 aromatic rings. The summed E-state index contributed by atoms with van der Waals surface area (Å²) in [6, 6.07) is 61.5. The smallest absolute Gasteiger partial charge is 0.161 e. The molecule has 0 unspecified atom stereocenters. The third kappa shape index (κ3) is 5.73. The van der Waals surface area contributed by atoms with E-state index in [2.05, 4.69) is 145 Å². The van der Waals surface area contributed by atoms with E-state index in [0.29, 0.717) is 5.82 Å². The van der Waals surface area contributed by atoms with Crippen molar-refractivity contribution in [1.82, 2.24) is 15.0 Å². The molecule has 0 bridgehead atoms. The third-order valence-electron chi connectivity index (χ3n) is 9.98. The zero-order valence-corrected chi connectivity index (χ0v) is 28.6. The summed E-state index contributed by atoms with van der Waals surface area (Å²) in [5.74, 6) is 0.665. The highest BCUT2D eigenvalue weighted by Crippen LogP contribution is 2.39. The first-order valence-corrected chi connectivity index (χ1v) is 17.7. The average Bonchev–Trinajstić information content (AvgIpc) is 3.62. The van der Waals surface area contributed by atoms with Gasteiger partial charge in [-0.15, -0.1) is 0 Å². The van der Waals surface area contributed by atoms with E-state index in [0.717, 1.165) is 83.4 Å². The second kappa shape index (κ2) is 12.9. The second-order valence-corrected chi connectivity index (χ2v) is 13.3. The highest BCUT2D eigenvalue weighted by Gasteiger charge is 2.17. The van der Waals surface area contributed by atoms with Gasteiger partial charge in [-0.3, -0.25) is 4.98 Å². The van der Waals surface area contributed by atoms with Crippen molar-refractivity contribution in [2.75, 3.05) is 0 Å². The number of rotatable bonds is 6. The van der Waals surface area contributed by atoms with Crippen LogP contribution in [-0.2, 0) is 0 Å². The number of nitrogens with zero attached hydrogens (tertiary/aromatic N) is 3. The fourth-order valence-corrected chi connectivity index (χ4v) is 7.32. The Balaban J connectivity index is 1.21. The molecule has 3 aromatic heterocycles. The van der Waals surface area contributed by atoms with Gasteiger partial charge in [-0.25, -0.2) is 9.97 Å². The average molecular weight is 678 g/mol. The molecule has 0 saturated carbocycles. The molecule has 4 heteroatoms. The van der Waals surface area contributed by atoms with Crippen molar-refractivity contribution in [3.63, 3.8) is 0 Å². The Labute approximate surface area is 306 Å². The summed E-state index contributed by atoms with van der Waals surface area (Å²) >= 11 is 0. The van der Waals surface area contributed by atoms with Crippen molar-refractivity contribution in [1.29, 1.82) is 0 Å². The van der Waals surface area contributed by atoms with Crippen molar-refractivity contribution >= 4 is 32.7 Å². The first-order chi connectivity index (χ1) is 26.2. The first-order valence-electron chi connectivity index (χ1n) is 17.7. The summed E-state index contributed by atoms with van der Waals surface area (Å²) in [6.07, 6.45) is 3.64. The van der Waals surface area contributed by atoms with Gasteiger partial charge in [-0.2, -0.15) is 0 Å². The standard InChI is InChI=1S/C49H31N3O/c1-2-11-34(12-3-1)45-31-46(52-49(51-45)43-16-7-6-14-41(43)33-22-24-50-25-23-33)40-28-38(36-19-18-32-10-4-5-13-35(32)26-36)27-39(29-40)37-20-21-48-44(30-37)42-15-8-9-17-47(42)53-48/h1-31H. The molecule has 0 amide bonds. The van der Waals surface area contributed by atoms with Gasteiger partial charge in [-0.05, 0) is 105 Å². The van der Waals surface area contributed by atoms with Crippen LogP contribution in [0.4, 0.5) is 0 Å². The molecule has 53 heavy (non-hydrogen) atoms. The Morgan fingerprint density at radius 2 is 0.962 bits per heavy atom. The normalized spacial score (nSPS) is 11.4. The lowest BCUT2D eigenvalue weighted by molar-refractivity contribution is 0.669. The van der Waals surface area contributed by atoms with Gasteiger partial charge in [0.1, 0.15) is 11.2 Å². The summed E-state index contributed by atoms with van der Waals surface area (Å²) < 4.78 is 6.20. The first kappa shape index (κ1) is 30.6. The van der Waals surface area contributed by atoms with Gasteiger partial charge in [-0.1, -0.05) is 115 Å². The van der Waals surface area contributed by atoms with E-state index in [1.54, 1.807) is 0 Å². The minimum Gasteiger partial charge on any atom is -0.456 e. The van der Waals surface area contributed by atoms with Crippen molar-refractivity contribution in [2.24, 2.45) is 0 Å². The van der Waals surface area contributed by atoms with Crippen LogP contribution in [0.3, 0.4) is 0 Å². The van der Waals surface area contributed by atoms with Crippen LogP contribution in [0.1, 0.15) is 0 Å². The monoisotopic (exact) mass is 677 g/mol. The molecule has 0 atom stereocenters. The number of furan rings is 1. The Hall–Kier alpha value is -7.17. The second-order valence-electron chi connectivity index (χ2n) is 13.3. The molecule has 7 aromatic carbocycles. The maximum Gasteiger partial charge on any atom is 0.161 e. The summed E-state index contributed by atoms with van der Waals surface area (Å²) in [5.41, 5.74) is 13.0. The number of pyridine rings is 1. The lowest BCUT2D eigenvalue weighted by Crippen LogP contribution is -1.98. The van der Waals surface area contributed by atoms with Crippen molar-refractivity contribution in [2.45, 2.75) is 0 Å². The number of hydrogen-bond acceptors (Lipinski definition) is 4. The van der Waals surface area contributed by atoms with Gasteiger partial charge in [0.05, 0.1) is 11.4 Å². The number of hydrogen-bond donors (Lipinski definition) is 0. The lowest BCUT2D eigenvalue weighted by Gasteiger charge is -2.15. The molecule has 248 valence electrons. The molecule has 0 aliphatic heterocycles. The van der Waals surface area contributed by atoms with Crippen LogP contribution in [0.5, 0.6) is 0 Å². The summed E-state index contributed by atoms with van der Waals surface area (Å²) in [6.45, 7) is 0. The van der Waals surface area contributed by atoms with Crippen molar-refractivity contribution in [3.8, 4) is 67.3 Å². The quantitative estimate of drug-likeness (QED) is 0.176. The molecule has 0 radical (unpaired) electrons. The van der Waals surface area contributed by atoms with E-state index in [9.17, 15) is 0 Å². The summed E-state index contributed by atoms with van der Waals surface area (Å²) in [5, 5.41) is 4.62. The largest absolute Gasteiger partial charge is 0.456 e. The predicted octanol–water partition coefficient (Wildman–Crippen LogP) is 12.9. The van der Waals surface area contributed by atoms with Crippen molar-refractivity contribution in [3.05, 3.63) is 188 Å². The number of fused-ring (bicyclic) bond motifs is 4. The number of para-hydroxylation sites is 1. The summed E-state index contributed by atoms with van der Waals surface area (Å²) in [4.78, 5) is 14.8. The van der Waals surface area contributed by atoms with Crippen LogP contribution < -0.4 is 0 Å². The Kier molecular flexibility index (Phi) is 7.43. The van der Waals surface area contributed by atoms with Crippen LogP contribution in [0, 0.1) is 0 Å². The fraction of sp³-hybridized carbons (Fsp3) is 0. The van der Waals surface area contributed by atoms with Gasteiger partial charge < -0.3 is 4.42 Å². The zero-order valence-electron chi connectivity index (χ0n) is 28.6. The highest BCUT2D eigenvalue weighted by molar-refractivity contribution is 6.06. The SMILES string of the molecule is c1ccc(-c2cc(-c3cc(-c4ccc5ccccc5c4)cc(-c4ccc5oc6ccccc6c5c4)c3)nc(-c3ccccc3-c3ccncc3)n2)cc1. The van der Waals surface area contributed by atoms with Gasteiger partial charge >= 0.3 is 0 Å². The Bertz CT molecular complexity index is 2950. The molecule has 0 fully saturated rings. The molecular weight excluding hydrogens is 647 g/mol. The molecule has 0 aliphatic rings. The molecule has 0 spiro atoms. The van der Waals surface area contributed by atoms with E-state index in [1.807, 2.05) is 48.8 Å². The van der Waals surface area contributed by atoms with Crippen LogP contribution in [-0.4, -0.2) is 15.0 Å². The zero-order chi connectivity index (χ0) is 35.1. The van der Waals surface area contributed by atoms with Gasteiger partial charge in [0.25, 0.3) is 0 Å². The lowest BCUT2D eigenvalue weighted by atomic mass is 9.93. The molecule has 3 heterocycles. The van der Waals surface area contributed by atoms with E-state index >= 15 is 0 Å². The van der Waals surface area contributed by atoms with Crippen LogP contribution in [0.25, 0.3) is 100.0 Å². The molecule has 4 nitrogen and oxygen atoms in total. The molecule has 10 rings (SSSR count). The Morgan fingerprint density at radius 3 is 1.79 bits per heavy atom. The van der Waals surface area contributed by atoms with Gasteiger partial charge in [0, 0.05) is 39.9 Å². The predicted molar refractivity (Wildman–Crippen MR) is 217 cm³/mol. The van der Waals surface area contributed by atoms with Crippen LogP contribution in [0.2, 0.25) is 0 Å². The van der Waals surface area contributed by atoms with Crippen LogP contribution in [0.15, 0.2) is 193 Å². The van der Waals surface area contributed by atoms with E-state index in [4.69, 9.17) is 14.4 Å². The van der Waals surface area contributed by atoms with Gasteiger partial charge in [0.15, 0.2) is 5.82 Å². The minimum absolute atomic E-state index is 0.665. The molecule has 0 aliphatic carbocycles. The topological polar surface area (TPSA) is 51.8 Å². The van der Waals surface area contributed by atoms with Crippen LogP contribution >= 0.6 is 0 Å². The number of aromatic nitrogens is 3. The highest BCUT2D eigenvalue weighted by atomic mass is 16.3. The summed E-state index contributed by atoms with van der Waals surface area (Å²) in [7, 11) is 0.